The van der Waals surface area contributed by atoms with Crippen LogP contribution in [0, 0.1) is 0 Å². The summed E-state index contributed by atoms with van der Waals surface area (Å²) in [6.45, 7) is 1.54. The molecule has 0 atom stereocenters. The molecule has 0 heterocycles. The Bertz CT molecular complexity index is 184. The minimum Gasteiger partial charge on any atom is -0.550 e. The number of nitrogens with two attached hydrogens (primary N) is 1. The van der Waals surface area contributed by atoms with Gasteiger partial charge in [-0.15, -0.1) is 0 Å². The zero-order valence-corrected chi connectivity index (χ0v) is 9.00. The molecule has 0 rings (SSSR count). The van der Waals surface area contributed by atoms with Crippen molar-refractivity contribution in [2.75, 3.05) is 28.2 Å². The lowest BCUT2D eigenvalue weighted by molar-refractivity contribution is -0.470. The van der Waals surface area contributed by atoms with E-state index < -0.39 is 5.97 Å². The van der Waals surface area contributed by atoms with E-state index >= 15 is 0 Å². The molecule has 0 aliphatic heterocycles. The first-order valence-electron chi connectivity index (χ1n) is 3.99. The van der Waals surface area contributed by atoms with E-state index in [2.05, 4.69) is 0 Å². The van der Waals surface area contributed by atoms with Crippen LogP contribution in [0.5, 0.6) is 0 Å². The Morgan fingerprint density at radius 1 is 1.46 bits per heavy atom. The molecule has 0 unspecified atom stereocenters. The average Bonchev–Trinajstić information content (AvgIpc) is 2.03. The Kier molecular flexibility index (Phi) is 8.12. The van der Waals surface area contributed by atoms with Gasteiger partial charge in [0.25, 0.3) is 0 Å². The van der Waals surface area contributed by atoms with Crippen LogP contribution in [0.3, 0.4) is 0 Å². The predicted octanol–water partition coefficient (Wildman–Crippen LogP) is -1.72. The molecule has 0 amide bonds. The molecule has 0 spiro atoms. The van der Waals surface area contributed by atoms with Crippen LogP contribution in [-0.2, 0) is 4.79 Å². The Hall–Kier alpha value is -1.26. The highest BCUT2D eigenvalue weighted by molar-refractivity contribution is 5.72. The average molecular weight is 189 g/mol. The minimum absolute atomic E-state index is 0.111. The van der Waals surface area contributed by atoms with Gasteiger partial charge < -0.3 is 9.90 Å². The van der Waals surface area contributed by atoms with Crippen LogP contribution in [-0.4, -0.2) is 49.6 Å². The number of nitrogens with zero attached hydrogens (tertiary/aromatic N) is 2. The number of rotatable bonds is 1. The highest BCUT2D eigenvalue weighted by Gasteiger charge is 2.00. The third-order valence-corrected chi connectivity index (χ3v) is 1.21. The van der Waals surface area contributed by atoms with E-state index in [-0.39, 0.29) is 6.42 Å². The van der Waals surface area contributed by atoms with Crippen LogP contribution in [0.4, 0.5) is 0 Å². The molecule has 0 fully saturated rings. The van der Waals surface area contributed by atoms with Gasteiger partial charge in [-0.25, -0.2) is 0 Å². The number of carbonyl (C=O) groups is 1. The first-order valence-corrected chi connectivity index (χ1v) is 3.99. The topological polar surface area (TPSA) is 72.4 Å². The standard InChI is InChI=1S/C5H13N3.C3H6O2/c1-7(2)5(6)8(3)4;1-2-3(4)5/h6H,1-4H3;2H2,1H3,(H,4,5). The normalized spacial score (nSPS) is 8.08. The summed E-state index contributed by atoms with van der Waals surface area (Å²) >= 11 is 0. The van der Waals surface area contributed by atoms with Gasteiger partial charge in [-0.1, -0.05) is 6.92 Å². The van der Waals surface area contributed by atoms with Crippen LogP contribution in [0.2, 0.25) is 0 Å². The molecule has 0 saturated carbocycles. The molecule has 0 saturated heterocycles. The fourth-order valence-electron chi connectivity index (χ4n) is 0.400. The molecule has 78 valence electrons. The number of carbonyl (C=O) groups excluding carboxylic acids is 1. The number of carboxylic acids is 1. The van der Waals surface area contributed by atoms with Crippen molar-refractivity contribution < 1.29 is 14.5 Å². The molecule has 0 bridgehead atoms. The molecule has 2 N–H and O–H groups in total. The van der Waals surface area contributed by atoms with E-state index in [1.165, 1.54) is 6.92 Å². The highest BCUT2D eigenvalue weighted by atomic mass is 16.4. The Morgan fingerprint density at radius 2 is 1.77 bits per heavy atom. The van der Waals surface area contributed by atoms with E-state index in [0.717, 1.165) is 5.96 Å². The molecule has 5 nitrogen and oxygen atoms in total. The van der Waals surface area contributed by atoms with E-state index in [4.69, 9.17) is 5.73 Å². The second kappa shape index (κ2) is 7.39. The van der Waals surface area contributed by atoms with E-state index in [1.807, 2.05) is 37.7 Å². The zero-order valence-electron chi connectivity index (χ0n) is 9.00. The third kappa shape index (κ3) is 10.7. The molecule has 0 aliphatic rings. The second-order valence-corrected chi connectivity index (χ2v) is 2.87. The summed E-state index contributed by atoms with van der Waals surface area (Å²) in [6.07, 6.45) is 0.111. The summed E-state index contributed by atoms with van der Waals surface area (Å²) in [5.74, 6) is -0.227. The Morgan fingerprint density at radius 3 is 1.77 bits per heavy atom. The maximum atomic E-state index is 9.26. The summed E-state index contributed by atoms with van der Waals surface area (Å²) in [6, 6.07) is 0. The first kappa shape index (κ1) is 14.3. The third-order valence-electron chi connectivity index (χ3n) is 1.21. The summed E-state index contributed by atoms with van der Waals surface area (Å²) in [4.78, 5) is 11.1. The highest BCUT2D eigenvalue weighted by Crippen LogP contribution is 1.68. The molecule has 13 heavy (non-hydrogen) atoms. The SMILES string of the molecule is CCC(=O)[O-].CN(C)C(N)=[N+](C)C. The van der Waals surface area contributed by atoms with Gasteiger partial charge in [0, 0.05) is 5.97 Å². The lowest BCUT2D eigenvalue weighted by Crippen LogP contribution is -2.36. The zero-order chi connectivity index (χ0) is 11.0. The van der Waals surface area contributed by atoms with Gasteiger partial charge in [0.2, 0.25) is 0 Å². The van der Waals surface area contributed by atoms with E-state index in [1.54, 1.807) is 0 Å². The van der Waals surface area contributed by atoms with Gasteiger partial charge in [0.1, 0.15) is 0 Å². The Labute approximate surface area is 79.5 Å². The summed E-state index contributed by atoms with van der Waals surface area (Å²) in [5, 5.41) is 9.26. The van der Waals surface area contributed by atoms with Gasteiger partial charge in [-0.3, -0.25) is 15.2 Å². The maximum absolute atomic E-state index is 9.26. The molecular formula is C8H19N3O2. The fraction of sp³-hybridized carbons (Fsp3) is 0.750. The van der Waals surface area contributed by atoms with Crippen molar-refractivity contribution in [3.8, 4) is 0 Å². The predicted molar refractivity (Wildman–Crippen MR) is 50.3 cm³/mol. The maximum Gasteiger partial charge on any atom is 0.344 e. The summed E-state index contributed by atoms with van der Waals surface area (Å²) in [7, 11) is 7.65. The van der Waals surface area contributed by atoms with Crippen LogP contribution in [0.1, 0.15) is 13.3 Å². The lowest BCUT2D eigenvalue weighted by atomic mass is 10.5. The lowest BCUT2D eigenvalue weighted by Gasteiger charge is -2.04. The van der Waals surface area contributed by atoms with Gasteiger partial charge in [0.05, 0.1) is 28.2 Å². The Balaban J connectivity index is 0. The van der Waals surface area contributed by atoms with E-state index in [9.17, 15) is 9.90 Å². The van der Waals surface area contributed by atoms with Crippen molar-refractivity contribution in [2.24, 2.45) is 5.73 Å². The number of hydrogen-bond donors (Lipinski definition) is 1. The smallest absolute Gasteiger partial charge is 0.344 e. The van der Waals surface area contributed by atoms with Crippen molar-refractivity contribution in [1.29, 1.82) is 0 Å². The quantitative estimate of drug-likeness (QED) is 0.302. The van der Waals surface area contributed by atoms with Gasteiger partial charge in [0.15, 0.2) is 0 Å². The van der Waals surface area contributed by atoms with Crippen LogP contribution >= 0.6 is 0 Å². The van der Waals surface area contributed by atoms with E-state index in [0.29, 0.717) is 0 Å². The monoisotopic (exact) mass is 189 g/mol. The largest absolute Gasteiger partial charge is 0.550 e. The molecule has 0 aromatic heterocycles. The van der Waals surface area contributed by atoms with Crippen molar-refractivity contribution in [2.45, 2.75) is 13.3 Å². The van der Waals surface area contributed by atoms with Crippen molar-refractivity contribution in [1.82, 2.24) is 4.90 Å². The molecule has 0 radical (unpaired) electrons. The van der Waals surface area contributed by atoms with Gasteiger partial charge >= 0.3 is 5.96 Å². The van der Waals surface area contributed by atoms with Crippen LogP contribution in [0.25, 0.3) is 0 Å². The molecule has 0 aromatic rings. The number of guanidine groups is 1. The van der Waals surface area contributed by atoms with Crippen molar-refractivity contribution >= 4 is 11.9 Å². The first-order chi connectivity index (χ1) is 5.82. The number of hydrogen-bond acceptors (Lipinski definition) is 2. The fourth-order valence-corrected chi connectivity index (χ4v) is 0.400. The van der Waals surface area contributed by atoms with Gasteiger partial charge in [-0.05, 0) is 6.42 Å². The number of carboxylic acid groups (broad SMARTS) is 1. The van der Waals surface area contributed by atoms with Crippen molar-refractivity contribution in [3.63, 3.8) is 0 Å². The van der Waals surface area contributed by atoms with Crippen LogP contribution in [0.15, 0.2) is 0 Å². The molecule has 0 aliphatic carbocycles. The second-order valence-electron chi connectivity index (χ2n) is 2.87. The minimum atomic E-state index is -0.995. The van der Waals surface area contributed by atoms with Crippen molar-refractivity contribution in [3.05, 3.63) is 0 Å². The van der Waals surface area contributed by atoms with Gasteiger partial charge in [-0.2, -0.15) is 0 Å². The molecule has 5 heteroatoms. The summed E-state index contributed by atoms with van der Waals surface area (Å²) in [5.41, 5.74) is 5.53. The summed E-state index contributed by atoms with van der Waals surface area (Å²) < 4.78 is 1.86. The van der Waals surface area contributed by atoms with Crippen LogP contribution < -0.4 is 10.8 Å². The molecule has 0 aromatic carbocycles. The molecular weight excluding hydrogens is 170 g/mol. The number of aliphatic carboxylic acids is 1.